The number of benzene rings is 1. The van der Waals surface area contributed by atoms with Crippen LogP contribution >= 0.6 is 15.9 Å². The van der Waals surface area contributed by atoms with Crippen molar-refractivity contribution in [3.63, 3.8) is 0 Å². The van der Waals surface area contributed by atoms with Crippen molar-refractivity contribution in [2.45, 2.75) is 49.6 Å². The van der Waals surface area contributed by atoms with E-state index in [0.717, 1.165) is 17.8 Å². The molecule has 6 atom stereocenters. The first-order valence-electron chi connectivity index (χ1n) is 9.42. The highest BCUT2D eigenvalue weighted by atomic mass is 79.9. The third-order valence-corrected chi connectivity index (χ3v) is 5.42. The summed E-state index contributed by atoms with van der Waals surface area (Å²) < 4.78 is 5.50. The van der Waals surface area contributed by atoms with Crippen molar-refractivity contribution in [2.75, 3.05) is 6.61 Å². The van der Waals surface area contributed by atoms with Crippen LogP contribution in [0.3, 0.4) is 0 Å². The molecular formula is C19H25BrN2O10. The standard InChI is InChI=1S/C11H19NO9.C8H6BrNO/c1-4(14)12-7-5(15)2-11(20,10(18)19)21-9(7)8(17)6(16)3-13;9-8-7(11)5-3-1-2-4-6(5)10-8/h5-9,13,15-17,20H,2-3H2,1H3,(H,12,14)(H,18,19);1-4,10-11H/t5-,6?,7+,8?,9+,11?;/m0./s1. The Morgan fingerprint density at radius 2 is 1.97 bits per heavy atom. The maximum Gasteiger partial charge on any atom is 0.364 e. The van der Waals surface area contributed by atoms with Crippen molar-refractivity contribution in [1.29, 1.82) is 0 Å². The van der Waals surface area contributed by atoms with E-state index in [0.29, 0.717) is 4.60 Å². The summed E-state index contributed by atoms with van der Waals surface area (Å²) in [4.78, 5) is 25.1. The van der Waals surface area contributed by atoms with Crippen molar-refractivity contribution in [2.24, 2.45) is 0 Å². The summed E-state index contributed by atoms with van der Waals surface area (Å²) in [6.45, 7) is 0.256. The number of aliphatic carboxylic acids is 1. The number of ether oxygens (including phenoxy) is 1. The average Bonchev–Trinajstić information content (AvgIpc) is 3.03. The highest BCUT2D eigenvalue weighted by molar-refractivity contribution is 9.10. The number of carboxylic acid groups (broad SMARTS) is 1. The molecule has 3 unspecified atom stereocenters. The van der Waals surface area contributed by atoms with Gasteiger partial charge in [-0.1, -0.05) is 12.1 Å². The van der Waals surface area contributed by atoms with Crippen LogP contribution in [-0.2, 0) is 14.3 Å². The van der Waals surface area contributed by atoms with Crippen molar-refractivity contribution < 1.29 is 50.1 Å². The Morgan fingerprint density at radius 3 is 2.50 bits per heavy atom. The number of rotatable bonds is 5. The first-order valence-corrected chi connectivity index (χ1v) is 10.2. The zero-order chi connectivity index (χ0) is 24.2. The lowest BCUT2D eigenvalue weighted by atomic mass is 9.88. The summed E-state index contributed by atoms with van der Waals surface area (Å²) in [6, 6.07) is 6.33. The minimum absolute atomic E-state index is 0.278. The third kappa shape index (κ3) is 5.75. The number of nitrogens with one attached hydrogen (secondary N) is 2. The summed E-state index contributed by atoms with van der Waals surface area (Å²) in [5, 5.41) is 69.2. The minimum Gasteiger partial charge on any atom is -0.505 e. The van der Waals surface area contributed by atoms with Gasteiger partial charge in [-0.25, -0.2) is 4.79 Å². The van der Waals surface area contributed by atoms with Crippen LogP contribution in [0.1, 0.15) is 13.3 Å². The maximum absolute atomic E-state index is 11.1. The van der Waals surface area contributed by atoms with Gasteiger partial charge in [0.1, 0.15) is 22.9 Å². The van der Waals surface area contributed by atoms with Crippen molar-refractivity contribution in [1.82, 2.24) is 10.3 Å². The van der Waals surface area contributed by atoms with E-state index < -0.39 is 61.1 Å². The smallest absolute Gasteiger partial charge is 0.364 e. The molecule has 1 saturated heterocycles. The minimum atomic E-state index is -2.78. The fourth-order valence-corrected chi connectivity index (χ4v) is 3.66. The van der Waals surface area contributed by atoms with E-state index in [2.05, 4.69) is 26.2 Å². The summed E-state index contributed by atoms with van der Waals surface area (Å²) >= 11 is 3.20. The number of carboxylic acids is 1. The lowest BCUT2D eigenvalue weighted by molar-refractivity contribution is -0.295. The Kier molecular flexibility index (Phi) is 8.59. The van der Waals surface area contributed by atoms with Crippen molar-refractivity contribution in [3.8, 4) is 5.75 Å². The Balaban J connectivity index is 0.000000273. The summed E-state index contributed by atoms with van der Waals surface area (Å²) in [6.07, 6.45) is -7.48. The van der Waals surface area contributed by atoms with Gasteiger partial charge in [-0.05, 0) is 28.1 Å². The number of H-pyrrole nitrogens is 1. The number of carbonyl (C=O) groups is 2. The molecule has 9 N–H and O–H groups in total. The molecule has 1 aliphatic rings. The van der Waals surface area contributed by atoms with Crippen LogP contribution in [-0.4, -0.2) is 95.5 Å². The maximum atomic E-state index is 11.1. The van der Waals surface area contributed by atoms with Gasteiger partial charge in [-0.15, -0.1) is 0 Å². The molecule has 1 aromatic heterocycles. The normalized spacial score (nSPS) is 27.2. The largest absolute Gasteiger partial charge is 0.505 e. The molecule has 1 aliphatic heterocycles. The number of para-hydroxylation sites is 1. The second-order valence-corrected chi connectivity index (χ2v) is 8.04. The first kappa shape index (κ1) is 26.0. The number of aromatic hydroxyl groups is 1. The molecule has 13 heteroatoms. The fourth-order valence-electron chi connectivity index (χ4n) is 3.23. The lowest BCUT2D eigenvalue weighted by Gasteiger charge is -2.44. The SMILES string of the molecule is CC(=O)N[C@@H]1[C@@H](O)CC(O)(C(=O)O)O[C@H]1C(O)C(O)CO.Oc1c(Br)[nH]c2ccccc12. The van der Waals surface area contributed by atoms with Crippen LogP contribution in [0, 0.1) is 0 Å². The Morgan fingerprint density at radius 1 is 1.34 bits per heavy atom. The topological polar surface area (TPSA) is 213 Å². The third-order valence-electron chi connectivity index (χ3n) is 4.84. The van der Waals surface area contributed by atoms with Crippen LogP contribution in [0.5, 0.6) is 5.75 Å². The number of aliphatic hydroxyl groups excluding tert-OH is 4. The highest BCUT2D eigenvalue weighted by Crippen LogP contribution is 2.32. The molecule has 0 saturated carbocycles. The first-order chi connectivity index (χ1) is 14.9. The highest BCUT2D eigenvalue weighted by Gasteiger charge is 2.53. The lowest BCUT2D eigenvalue weighted by Crippen LogP contribution is -2.67. The van der Waals surface area contributed by atoms with Gasteiger partial charge in [0.15, 0.2) is 5.75 Å². The predicted molar refractivity (Wildman–Crippen MR) is 112 cm³/mol. The second kappa shape index (κ2) is 10.6. The van der Waals surface area contributed by atoms with Gasteiger partial charge in [0, 0.05) is 18.7 Å². The number of halogens is 1. The number of hydrogen-bond acceptors (Lipinski definition) is 9. The second-order valence-electron chi connectivity index (χ2n) is 7.24. The predicted octanol–water partition coefficient (Wildman–Crippen LogP) is -1.24. The van der Waals surface area contributed by atoms with Crippen LogP contribution in [0.4, 0.5) is 0 Å². The molecule has 1 amide bonds. The van der Waals surface area contributed by atoms with Gasteiger partial charge in [0.25, 0.3) is 5.79 Å². The van der Waals surface area contributed by atoms with Crippen LogP contribution in [0.15, 0.2) is 28.9 Å². The molecule has 2 heterocycles. The molecule has 12 nitrogen and oxygen atoms in total. The summed E-state index contributed by atoms with van der Waals surface area (Å²) in [7, 11) is 0. The zero-order valence-corrected chi connectivity index (χ0v) is 18.4. The van der Waals surface area contributed by atoms with E-state index in [9.17, 15) is 35.1 Å². The Labute approximate surface area is 190 Å². The Hall–Kier alpha value is -2.26. The molecule has 0 radical (unpaired) electrons. The van der Waals surface area contributed by atoms with Crippen LogP contribution < -0.4 is 5.32 Å². The van der Waals surface area contributed by atoms with E-state index in [1.165, 1.54) is 0 Å². The number of fused-ring (bicyclic) bond motifs is 1. The quantitative estimate of drug-likeness (QED) is 0.228. The molecule has 178 valence electrons. The molecule has 0 spiro atoms. The van der Waals surface area contributed by atoms with Gasteiger partial charge in [0.2, 0.25) is 5.91 Å². The Bertz CT molecular complexity index is 953. The number of amides is 1. The monoisotopic (exact) mass is 520 g/mol. The van der Waals surface area contributed by atoms with E-state index in [4.69, 9.17) is 14.9 Å². The van der Waals surface area contributed by atoms with Crippen molar-refractivity contribution >= 4 is 38.7 Å². The molecule has 2 aromatic rings. The van der Waals surface area contributed by atoms with E-state index in [-0.39, 0.29) is 5.75 Å². The van der Waals surface area contributed by atoms with Gasteiger partial charge < -0.3 is 50.8 Å². The van der Waals surface area contributed by atoms with Gasteiger partial charge in [-0.3, -0.25) is 4.79 Å². The van der Waals surface area contributed by atoms with E-state index in [1.807, 2.05) is 24.3 Å². The molecule has 3 rings (SSSR count). The van der Waals surface area contributed by atoms with Gasteiger partial charge in [-0.2, -0.15) is 0 Å². The summed E-state index contributed by atoms with van der Waals surface area (Å²) in [5.41, 5.74) is 0.942. The number of hydrogen-bond donors (Lipinski definition) is 9. The fraction of sp³-hybridized carbons (Fsp3) is 0.474. The number of aliphatic hydroxyl groups is 5. The van der Waals surface area contributed by atoms with Crippen LogP contribution in [0.25, 0.3) is 10.9 Å². The van der Waals surface area contributed by atoms with Gasteiger partial charge in [0.05, 0.1) is 24.3 Å². The molecule has 1 aromatic carbocycles. The van der Waals surface area contributed by atoms with Gasteiger partial charge >= 0.3 is 5.97 Å². The number of aromatic amines is 1. The van der Waals surface area contributed by atoms with Crippen LogP contribution in [0.2, 0.25) is 0 Å². The van der Waals surface area contributed by atoms with E-state index >= 15 is 0 Å². The molecule has 1 fully saturated rings. The van der Waals surface area contributed by atoms with Crippen molar-refractivity contribution in [3.05, 3.63) is 28.9 Å². The molecule has 32 heavy (non-hydrogen) atoms. The number of aromatic nitrogens is 1. The summed E-state index contributed by atoms with van der Waals surface area (Å²) in [5.74, 6) is -4.90. The molecule has 0 bridgehead atoms. The zero-order valence-electron chi connectivity index (χ0n) is 16.8. The van der Waals surface area contributed by atoms with E-state index in [1.54, 1.807) is 0 Å². The number of carbonyl (C=O) groups excluding carboxylic acids is 1. The average molecular weight is 521 g/mol. The molecular weight excluding hydrogens is 496 g/mol. The molecule has 0 aliphatic carbocycles.